The number of ether oxygens (including phenoxy) is 3. The van der Waals surface area contributed by atoms with Crippen LogP contribution in [0.5, 0.6) is 0 Å². The Morgan fingerprint density at radius 1 is 0.400 bits per heavy atom. The van der Waals surface area contributed by atoms with Crippen molar-refractivity contribution in [2.24, 2.45) is 0 Å². The van der Waals surface area contributed by atoms with Gasteiger partial charge in [0.1, 0.15) is 25.4 Å². The summed E-state index contributed by atoms with van der Waals surface area (Å²) in [5.74, 6) is -0.117. The van der Waals surface area contributed by atoms with E-state index in [9.17, 15) is 14.4 Å². The summed E-state index contributed by atoms with van der Waals surface area (Å²) < 4.78 is 21.3. The minimum Gasteiger partial charge on any atom is -0.463 e. The molecule has 0 saturated carbocycles. The summed E-state index contributed by atoms with van der Waals surface area (Å²) in [4.78, 5) is 41.9. The number of rotatable bonds is 57. The SMILES string of the molecule is CCCCC/C=C\C/C=C\CCCCCCCC(=O)OCC(COC(=O)CCCCCCC/C=C\C/C=C\CCCCC)(COC(=O)CCCCCCC/C=C\C/C=C\CCCCC)NCCSNCCCN(C)C. The van der Waals surface area contributed by atoms with Crippen LogP contribution in [0.25, 0.3) is 0 Å². The molecule has 434 valence electrons. The van der Waals surface area contributed by atoms with Crippen molar-refractivity contribution >= 4 is 29.9 Å². The number of hydrogen-bond acceptors (Lipinski definition) is 10. The topological polar surface area (TPSA) is 106 Å². The van der Waals surface area contributed by atoms with Gasteiger partial charge in [0.15, 0.2) is 0 Å². The Bertz CT molecular complexity index is 1310. The maximum absolute atomic E-state index is 13.3. The van der Waals surface area contributed by atoms with Gasteiger partial charge in [0.05, 0.1) is 0 Å². The number of unbranched alkanes of at least 4 members (excludes halogenated alkanes) is 24. The first-order chi connectivity index (χ1) is 36.8. The van der Waals surface area contributed by atoms with Crippen molar-refractivity contribution in [3.05, 3.63) is 72.9 Å². The second-order valence-corrected chi connectivity index (χ2v) is 22.0. The predicted molar refractivity (Wildman–Crippen MR) is 325 cm³/mol. The zero-order chi connectivity index (χ0) is 54.7. The average Bonchev–Trinajstić information content (AvgIpc) is 3.40. The van der Waals surface area contributed by atoms with E-state index in [1.54, 1.807) is 11.9 Å². The van der Waals surface area contributed by atoms with E-state index in [2.05, 4.69) is 123 Å². The summed E-state index contributed by atoms with van der Waals surface area (Å²) in [6.07, 6.45) is 66.2. The highest BCUT2D eigenvalue weighted by atomic mass is 32.2. The first-order valence-corrected chi connectivity index (χ1v) is 31.9. The van der Waals surface area contributed by atoms with Gasteiger partial charge in [-0.1, -0.05) is 202 Å². The van der Waals surface area contributed by atoms with Crippen molar-refractivity contribution in [1.29, 1.82) is 0 Å². The molecule has 0 bridgehead atoms. The predicted octanol–water partition coefficient (Wildman–Crippen LogP) is 17.6. The number of hydrogen-bond donors (Lipinski definition) is 2. The maximum Gasteiger partial charge on any atom is 0.305 e. The summed E-state index contributed by atoms with van der Waals surface area (Å²) >= 11 is 1.63. The Morgan fingerprint density at radius 3 is 1.03 bits per heavy atom. The molecule has 75 heavy (non-hydrogen) atoms. The highest BCUT2D eigenvalue weighted by Gasteiger charge is 2.35. The normalized spacial score (nSPS) is 12.4. The van der Waals surface area contributed by atoms with Crippen LogP contribution in [-0.4, -0.2) is 87.6 Å². The molecule has 0 aliphatic rings. The Hall–Kier alpha value is -2.92. The molecule has 0 unspecified atom stereocenters. The molecule has 0 aromatic rings. The molecule has 10 heteroatoms. The van der Waals surface area contributed by atoms with E-state index in [0.717, 1.165) is 160 Å². The quantitative estimate of drug-likeness (QED) is 0.0201. The van der Waals surface area contributed by atoms with Crippen molar-refractivity contribution in [2.45, 2.75) is 264 Å². The lowest BCUT2D eigenvalue weighted by Gasteiger charge is -2.33. The Balaban J connectivity index is 5.32. The molecule has 0 atom stereocenters. The Kier molecular flexibility index (Phi) is 56.5. The van der Waals surface area contributed by atoms with Crippen molar-refractivity contribution in [1.82, 2.24) is 14.9 Å². The van der Waals surface area contributed by atoms with Gasteiger partial charge in [-0.25, -0.2) is 0 Å². The molecule has 0 amide bonds. The van der Waals surface area contributed by atoms with Gasteiger partial charge in [-0.15, -0.1) is 0 Å². The van der Waals surface area contributed by atoms with Crippen molar-refractivity contribution in [2.75, 3.05) is 59.3 Å². The molecular formula is C65H117N3O6S. The van der Waals surface area contributed by atoms with E-state index in [1.165, 1.54) is 77.0 Å². The third-order valence-corrected chi connectivity index (χ3v) is 14.0. The van der Waals surface area contributed by atoms with Crippen LogP contribution >= 0.6 is 11.9 Å². The highest BCUT2D eigenvalue weighted by Crippen LogP contribution is 2.16. The number of esters is 3. The van der Waals surface area contributed by atoms with Crippen molar-refractivity contribution in [3.63, 3.8) is 0 Å². The van der Waals surface area contributed by atoms with Crippen LogP contribution in [0.4, 0.5) is 0 Å². The fourth-order valence-corrected chi connectivity index (χ4v) is 9.01. The molecular weight excluding hydrogens is 951 g/mol. The number of carbonyl (C=O) groups excluding carboxylic acids is 3. The highest BCUT2D eigenvalue weighted by molar-refractivity contribution is 7.97. The lowest BCUT2D eigenvalue weighted by atomic mass is 10.0. The molecule has 0 aromatic carbocycles. The third-order valence-electron chi connectivity index (χ3n) is 13.2. The van der Waals surface area contributed by atoms with Gasteiger partial charge in [0.25, 0.3) is 0 Å². The lowest BCUT2D eigenvalue weighted by Crippen LogP contribution is -2.58. The van der Waals surface area contributed by atoms with Gasteiger partial charge < -0.3 is 24.4 Å². The fraction of sp³-hybridized carbons (Fsp3) is 0.769. The maximum atomic E-state index is 13.3. The second kappa shape index (κ2) is 58.8. The number of allylic oxidation sites excluding steroid dienone is 12. The number of carbonyl (C=O) groups is 3. The van der Waals surface area contributed by atoms with Crippen LogP contribution in [0.2, 0.25) is 0 Å². The zero-order valence-electron chi connectivity index (χ0n) is 49.3. The number of nitrogens with one attached hydrogen (secondary N) is 2. The lowest BCUT2D eigenvalue weighted by molar-refractivity contribution is -0.157. The minimum absolute atomic E-state index is 0.0546. The van der Waals surface area contributed by atoms with Gasteiger partial charge >= 0.3 is 17.9 Å². The monoisotopic (exact) mass is 1070 g/mol. The van der Waals surface area contributed by atoms with E-state index in [0.29, 0.717) is 25.8 Å². The smallest absolute Gasteiger partial charge is 0.305 e. The van der Waals surface area contributed by atoms with Gasteiger partial charge in [-0.05, 0) is 143 Å². The molecule has 9 nitrogen and oxygen atoms in total. The Morgan fingerprint density at radius 2 is 0.707 bits per heavy atom. The minimum atomic E-state index is -1.07. The van der Waals surface area contributed by atoms with Crippen LogP contribution in [0.1, 0.15) is 258 Å². The Labute approximate surface area is 467 Å². The van der Waals surface area contributed by atoms with Crippen molar-refractivity contribution < 1.29 is 28.6 Å². The van der Waals surface area contributed by atoms with Crippen LogP contribution in [0.15, 0.2) is 72.9 Å². The summed E-state index contributed by atoms with van der Waals surface area (Å²) in [5.41, 5.74) is -1.07. The average molecular weight is 1070 g/mol. The summed E-state index contributed by atoms with van der Waals surface area (Å²) in [6.45, 7) is 9.00. The first kappa shape index (κ1) is 72.1. The van der Waals surface area contributed by atoms with E-state index < -0.39 is 5.54 Å². The molecule has 0 radical (unpaired) electrons. The molecule has 0 spiro atoms. The van der Waals surface area contributed by atoms with Gasteiger partial charge in [-0.2, -0.15) is 0 Å². The molecule has 0 aliphatic carbocycles. The molecule has 0 aliphatic heterocycles. The van der Waals surface area contributed by atoms with Crippen LogP contribution in [0, 0.1) is 0 Å². The molecule has 2 N–H and O–H groups in total. The summed E-state index contributed by atoms with van der Waals surface area (Å²) in [7, 11) is 4.15. The molecule has 0 saturated heterocycles. The molecule has 0 fully saturated rings. The van der Waals surface area contributed by atoms with E-state index in [-0.39, 0.29) is 37.7 Å². The van der Waals surface area contributed by atoms with Gasteiger partial charge in [0, 0.05) is 38.1 Å². The summed E-state index contributed by atoms with van der Waals surface area (Å²) in [6, 6.07) is 0. The van der Waals surface area contributed by atoms with E-state index in [1.807, 2.05) is 0 Å². The van der Waals surface area contributed by atoms with E-state index >= 15 is 0 Å². The largest absolute Gasteiger partial charge is 0.463 e. The van der Waals surface area contributed by atoms with Crippen LogP contribution in [0.3, 0.4) is 0 Å². The van der Waals surface area contributed by atoms with Gasteiger partial charge in [-0.3, -0.25) is 19.1 Å². The second-order valence-electron chi connectivity index (χ2n) is 21.0. The van der Waals surface area contributed by atoms with Crippen LogP contribution < -0.4 is 10.0 Å². The first-order valence-electron chi connectivity index (χ1n) is 30.9. The zero-order valence-corrected chi connectivity index (χ0v) is 50.2. The van der Waals surface area contributed by atoms with E-state index in [4.69, 9.17) is 14.2 Å². The van der Waals surface area contributed by atoms with Crippen molar-refractivity contribution in [3.8, 4) is 0 Å². The third kappa shape index (κ3) is 55.6. The standard InChI is InChI=1S/C65H117N3O6S/c1-6-9-12-15-18-21-24-27-30-33-36-39-42-45-48-52-62(69)72-59-65(66-56-58-75-67-55-51-57-68(4)5,60-73-63(70)53-49-46-43-40-37-34-31-28-25-22-19-16-13-10-7-2)61-74-64(71)54-50-47-44-41-38-35-32-29-26-23-20-17-14-11-8-3/h18-23,27-32,66-67H,6-17,24-26,33-61H2,1-5H3/b21-18-,22-19-,23-20-,30-27-,31-28-,32-29-. The van der Waals surface area contributed by atoms with Gasteiger partial charge in [0.2, 0.25) is 0 Å². The van der Waals surface area contributed by atoms with Crippen LogP contribution in [-0.2, 0) is 28.6 Å². The summed E-state index contributed by atoms with van der Waals surface area (Å²) in [5, 5.41) is 3.55. The fourth-order valence-electron chi connectivity index (χ4n) is 8.37. The number of nitrogens with zero attached hydrogens (tertiary/aromatic N) is 1. The molecule has 0 heterocycles. The molecule has 0 rings (SSSR count). The molecule has 0 aromatic heterocycles.